The van der Waals surface area contributed by atoms with Crippen molar-refractivity contribution in [1.82, 2.24) is 0 Å². The lowest BCUT2D eigenvalue weighted by Crippen LogP contribution is -2.65. The molecule has 0 rings (SSSR count). The maximum Gasteiger partial charge on any atom is 0.386 e. The molecule has 0 saturated heterocycles. The molecule has 328 valence electrons. The quantitative estimate of drug-likeness (QED) is 0.0245. The summed E-state index contributed by atoms with van der Waals surface area (Å²) in [4.78, 5) is 47.8. The monoisotopic (exact) mass is 801 g/mol. The van der Waals surface area contributed by atoms with E-state index in [-0.39, 0.29) is 17.3 Å². The van der Waals surface area contributed by atoms with Gasteiger partial charge in [-0.15, -0.1) is 0 Å². The van der Waals surface area contributed by atoms with Crippen LogP contribution < -0.4 is 0 Å². The summed E-state index contributed by atoms with van der Waals surface area (Å²) in [5, 5.41) is 11.8. The molecule has 0 spiro atoms. The Morgan fingerprint density at radius 3 is 0.764 bits per heavy atom. The van der Waals surface area contributed by atoms with Gasteiger partial charge in [-0.1, -0.05) is 232 Å². The average molecular weight is 801 g/mol. The highest BCUT2D eigenvalue weighted by atomic mass is 31.2. The fraction of sp³-hybridized carbons (Fsp3) is 0.957. The summed E-state index contributed by atoms with van der Waals surface area (Å²) in [6.45, 7) is 4.53. The number of likely N-dealkylation sites (N-methyl/N-ethyl adjacent to an activating group) is 1. The van der Waals surface area contributed by atoms with Crippen LogP contribution in [0.25, 0.3) is 0 Å². The maximum atomic E-state index is 13.6. The fourth-order valence-electron chi connectivity index (χ4n) is 8.45. The van der Waals surface area contributed by atoms with Crippen LogP contribution in [0.5, 0.6) is 0 Å². The van der Waals surface area contributed by atoms with E-state index in [0.29, 0.717) is 12.8 Å². The van der Waals surface area contributed by atoms with Gasteiger partial charge in [-0.25, -0.2) is 0 Å². The van der Waals surface area contributed by atoms with Crippen molar-refractivity contribution in [2.24, 2.45) is 0 Å². The largest absolute Gasteiger partial charge is 0.386 e. The van der Waals surface area contributed by atoms with Crippen molar-refractivity contribution in [3.05, 3.63) is 0 Å². The number of aliphatic hydroxyl groups is 1. The van der Waals surface area contributed by atoms with Gasteiger partial charge in [-0.3, -0.25) is 14.2 Å². The molecule has 0 heterocycles. The van der Waals surface area contributed by atoms with E-state index in [1.165, 1.54) is 201 Å². The predicted molar refractivity (Wildman–Crippen MR) is 236 cm³/mol. The Bertz CT molecular complexity index is 892. The number of nitrogens with zero attached hydrogens (tertiary/aromatic N) is 1. The van der Waals surface area contributed by atoms with Gasteiger partial charge in [0, 0.05) is 12.8 Å². The van der Waals surface area contributed by atoms with Crippen LogP contribution in [-0.4, -0.2) is 63.5 Å². The van der Waals surface area contributed by atoms with Gasteiger partial charge in [0.1, 0.15) is 0 Å². The maximum absolute atomic E-state index is 13.6. The zero-order valence-corrected chi connectivity index (χ0v) is 38.3. The molecular weight excluding hydrogens is 705 g/mol. The van der Waals surface area contributed by atoms with E-state index in [4.69, 9.17) is 0 Å². The number of rotatable bonds is 43. The highest BCUT2D eigenvalue weighted by Crippen LogP contribution is 2.51. The molecule has 0 aliphatic rings. The minimum Gasteiger partial charge on any atom is -0.370 e. The molecule has 0 aromatic carbocycles. The van der Waals surface area contributed by atoms with Crippen LogP contribution in [0, 0.1) is 0 Å². The molecular formula is C47H95NO6P+. The summed E-state index contributed by atoms with van der Waals surface area (Å²) in [7, 11) is -0.413. The highest BCUT2D eigenvalue weighted by molar-refractivity contribution is 7.52. The first-order chi connectivity index (χ1) is 26.3. The highest BCUT2D eigenvalue weighted by Gasteiger charge is 2.63. The van der Waals surface area contributed by atoms with Crippen molar-refractivity contribution < 1.29 is 33.5 Å². The number of Topliss-reactive ketones (excluding diaryl/α,β-unsaturated/α-hetero) is 2. The molecule has 7 nitrogen and oxygen atoms in total. The van der Waals surface area contributed by atoms with Gasteiger partial charge in [0.15, 0.2) is 11.6 Å². The van der Waals surface area contributed by atoms with Crippen molar-refractivity contribution in [2.75, 3.05) is 21.1 Å². The standard InChI is InChI=1S/C47H94NO6P/c1-6-8-10-12-14-16-18-20-22-24-26-28-30-32-34-36-38-40-42-44(49)47(51,46(48(3,4)5)55(52,53)54)45(50)43-41-39-37-35-33-31-29-27-25-23-21-19-17-15-13-11-9-7-2/h46,51H,6-43H2,1-5H3,(H-,52,53,54)/p+1. The molecule has 0 amide bonds. The Balaban J connectivity index is 4.36. The zero-order valence-electron chi connectivity index (χ0n) is 37.4. The molecule has 3 N–H and O–H groups in total. The Kier molecular flexibility index (Phi) is 35.0. The second kappa shape index (κ2) is 35.4. The Morgan fingerprint density at radius 2 is 0.600 bits per heavy atom. The minimum absolute atomic E-state index is 0.0450. The van der Waals surface area contributed by atoms with Gasteiger partial charge in [-0.05, 0) is 12.8 Å². The average Bonchev–Trinajstić information content (AvgIpc) is 3.12. The normalized spacial score (nSPS) is 13.1. The van der Waals surface area contributed by atoms with Gasteiger partial charge in [-0.2, -0.15) is 0 Å². The second-order valence-corrected chi connectivity index (χ2v) is 19.9. The van der Waals surface area contributed by atoms with Gasteiger partial charge < -0.3 is 19.4 Å². The van der Waals surface area contributed by atoms with Crippen LogP contribution in [0.15, 0.2) is 0 Å². The number of unbranched alkanes of at least 4 members (excludes halogenated alkanes) is 34. The summed E-state index contributed by atoms with van der Waals surface area (Å²) in [5.41, 5.74) is -2.69. The van der Waals surface area contributed by atoms with Gasteiger partial charge in [0.25, 0.3) is 0 Å². The Morgan fingerprint density at radius 1 is 0.418 bits per heavy atom. The minimum atomic E-state index is -5.00. The van der Waals surface area contributed by atoms with Crippen molar-refractivity contribution >= 4 is 19.2 Å². The second-order valence-electron chi connectivity index (χ2n) is 18.2. The van der Waals surface area contributed by atoms with Crippen molar-refractivity contribution in [3.63, 3.8) is 0 Å². The van der Waals surface area contributed by atoms with Crippen LogP contribution in [0.3, 0.4) is 0 Å². The van der Waals surface area contributed by atoms with Crippen molar-refractivity contribution in [2.45, 2.75) is 269 Å². The van der Waals surface area contributed by atoms with E-state index in [2.05, 4.69) is 13.8 Å². The number of carbonyl (C=O) groups excluding carboxylic acids is 2. The molecule has 0 radical (unpaired) electrons. The van der Waals surface area contributed by atoms with E-state index in [9.17, 15) is 29.0 Å². The lowest BCUT2D eigenvalue weighted by molar-refractivity contribution is -0.887. The SMILES string of the molecule is CCCCCCCCCCCCCCCCCCCCC(=O)C(O)(C(=O)CCCCCCCCCCCCCCCCCCCC)C([N+](C)(C)C)P(=O)(O)O. The molecule has 0 bridgehead atoms. The number of hydrogen-bond donors (Lipinski definition) is 3. The van der Waals surface area contributed by atoms with Crippen LogP contribution in [0.1, 0.15) is 258 Å². The van der Waals surface area contributed by atoms with E-state index >= 15 is 0 Å². The summed E-state index contributed by atoms with van der Waals surface area (Å²) in [6, 6.07) is 0. The summed E-state index contributed by atoms with van der Waals surface area (Å²) in [5.74, 6) is -3.30. The van der Waals surface area contributed by atoms with Crippen LogP contribution in [0.2, 0.25) is 0 Å². The molecule has 1 unspecified atom stereocenters. The number of hydrogen-bond acceptors (Lipinski definition) is 4. The number of carbonyl (C=O) groups is 2. The molecule has 8 heteroatoms. The summed E-state index contributed by atoms with van der Waals surface area (Å²) >= 11 is 0. The van der Waals surface area contributed by atoms with Crippen LogP contribution >= 0.6 is 7.60 Å². The first-order valence-electron chi connectivity index (χ1n) is 24.0. The third kappa shape index (κ3) is 29.3. The number of ketones is 2. The zero-order chi connectivity index (χ0) is 41.1. The predicted octanol–water partition coefficient (Wildman–Crippen LogP) is 13.9. The van der Waals surface area contributed by atoms with Gasteiger partial charge in [0.2, 0.25) is 11.4 Å². The van der Waals surface area contributed by atoms with Gasteiger partial charge in [0.05, 0.1) is 21.1 Å². The molecule has 55 heavy (non-hydrogen) atoms. The van der Waals surface area contributed by atoms with E-state index < -0.39 is 30.5 Å². The molecule has 0 aromatic heterocycles. The molecule has 0 fully saturated rings. The topological polar surface area (TPSA) is 112 Å². The smallest absolute Gasteiger partial charge is 0.370 e. The van der Waals surface area contributed by atoms with Crippen molar-refractivity contribution in [3.8, 4) is 0 Å². The third-order valence-electron chi connectivity index (χ3n) is 11.8. The molecule has 0 aliphatic carbocycles. The van der Waals surface area contributed by atoms with Gasteiger partial charge >= 0.3 is 7.60 Å². The molecule has 0 aliphatic heterocycles. The Labute approximate surface area is 342 Å². The van der Waals surface area contributed by atoms with E-state index in [1.54, 1.807) is 0 Å². The third-order valence-corrected chi connectivity index (χ3v) is 13.5. The van der Waals surface area contributed by atoms with Crippen LogP contribution in [-0.2, 0) is 14.2 Å². The van der Waals surface area contributed by atoms with E-state index in [0.717, 1.165) is 38.5 Å². The van der Waals surface area contributed by atoms with Crippen LogP contribution in [0.4, 0.5) is 0 Å². The summed E-state index contributed by atoms with van der Waals surface area (Å²) in [6.07, 6.45) is 44.2. The molecule has 0 saturated carbocycles. The number of quaternary nitrogens is 1. The first-order valence-corrected chi connectivity index (χ1v) is 25.7. The summed E-state index contributed by atoms with van der Waals surface area (Å²) < 4.78 is 12.4. The van der Waals surface area contributed by atoms with Crippen molar-refractivity contribution in [1.29, 1.82) is 0 Å². The Hall–Kier alpha value is -0.590. The van der Waals surface area contributed by atoms with E-state index in [1.807, 2.05) is 0 Å². The lowest BCUT2D eigenvalue weighted by Gasteiger charge is -2.42. The molecule has 0 aromatic rings. The lowest BCUT2D eigenvalue weighted by atomic mass is 9.85. The fourth-order valence-corrected chi connectivity index (χ4v) is 10.1. The first kappa shape index (κ1) is 54.4. The molecule has 1 atom stereocenters.